The molecule has 0 bridgehead atoms. The molecule has 1 aliphatic heterocycles. The van der Waals surface area contributed by atoms with E-state index in [0.29, 0.717) is 10.9 Å². The maximum absolute atomic E-state index is 3.61. The van der Waals surface area contributed by atoms with E-state index in [4.69, 9.17) is 0 Å². The van der Waals surface area contributed by atoms with Gasteiger partial charge in [0.25, 0.3) is 0 Å². The molecule has 2 unspecified atom stereocenters. The maximum Gasteiger partial charge on any atom is 0.0616 e. The molecule has 1 heterocycles. The Labute approximate surface area is 68.0 Å². The van der Waals surface area contributed by atoms with Crippen LogP contribution in [0.25, 0.3) is 0 Å². The van der Waals surface area contributed by atoms with Crippen molar-refractivity contribution in [1.82, 2.24) is 5.32 Å². The van der Waals surface area contributed by atoms with Crippen molar-refractivity contribution >= 4 is 11.8 Å². The molecule has 0 aliphatic carbocycles. The van der Waals surface area contributed by atoms with Gasteiger partial charge < -0.3 is 5.32 Å². The third-order valence-corrected chi connectivity index (χ3v) is 3.68. The van der Waals surface area contributed by atoms with E-state index in [1.165, 1.54) is 18.6 Å². The van der Waals surface area contributed by atoms with E-state index < -0.39 is 0 Å². The second kappa shape index (κ2) is 3.14. The third-order valence-electron chi connectivity index (χ3n) is 2.20. The summed E-state index contributed by atoms with van der Waals surface area (Å²) in [7, 11) is 0. The van der Waals surface area contributed by atoms with Gasteiger partial charge in [-0.1, -0.05) is 6.92 Å². The zero-order chi connectivity index (χ0) is 7.61. The number of hydrogen-bond donors (Lipinski definition) is 1. The largest absolute Gasteiger partial charge is 0.300 e. The minimum absolute atomic E-state index is 0.359. The van der Waals surface area contributed by atoms with Crippen LogP contribution in [0.2, 0.25) is 0 Å². The molecular weight excluding hydrogens is 142 g/mol. The molecular formula is C8H17NS. The zero-order valence-electron chi connectivity index (χ0n) is 7.11. The molecule has 1 fully saturated rings. The van der Waals surface area contributed by atoms with E-state index in [9.17, 15) is 0 Å². The van der Waals surface area contributed by atoms with Crippen LogP contribution in [0, 0.1) is 0 Å². The Bertz CT molecular complexity index is 116. The normalized spacial score (nSPS) is 41.7. The standard InChI is InChI=1S/C8H17NS/c1-4-8(3)9-7(2)5-6-10-8/h7,9H,4-6H2,1-3H3. The van der Waals surface area contributed by atoms with Crippen molar-refractivity contribution in [2.75, 3.05) is 5.75 Å². The predicted octanol–water partition coefficient (Wildman–Crippen LogP) is 2.23. The Morgan fingerprint density at radius 3 is 2.80 bits per heavy atom. The lowest BCUT2D eigenvalue weighted by Gasteiger charge is -2.37. The summed E-state index contributed by atoms with van der Waals surface area (Å²) in [5.74, 6) is 1.32. The minimum Gasteiger partial charge on any atom is -0.300 e. The van der Waals surface area contributed by atoms with Gasteiger partial charge in [0.15, 0.2) is 0 Å². The fraction of sp³-hybridized carbons (Fsp3) is 1.00. The molecule has 1 aliphatic rings. The summed E-state index contributed by atoms with van der Waals surface area (Å²) in [5, 5.41) is 3.61. The highest BCUT2D eigenvalue weighted by molar-refractivity contribution is 8.00. The number of thioether (sulfide) groups is 1. The van der Waals surface area contributed by atoms with Crippen LogP contribution in [0.1, 0.15) is 33.6 Å². The van der Waals surface area contributed by atoms with Gasteiger partial charge in [0.2, 0.25) is 0 Å². The lowest BCUT2D eigenvalue weighted by molar-refractivity contribution is 0.401. The molecule has 0 saturated carbocycles. The number of nitrogens with one attached hydrogen (secondary N) is 1. The van der Waals surface area contributed by atoms with Gasteiger partial charge in [-0.25, -0.2) is 0 Å². The summed E-state index contributed by atoms with van der Waals surface area (Å²) in [6.07, 6.45) is 2.54. The molecule has 2 atom stereocenters. The fourth-order valence-electron chi connectivity index (χ4n) is 1.30. The minimum atomic E-state index is 0.359. The molecule has 60 valence electrons. The van der Waals surface area contributed by atoms with Crippen LogP contribution in [0.5, 0.6) is 0 Å². The van der Waals surface area contributed by atoms with Crippen molar-refractivity contribution in [2.45, 2.75) is 44.5 Å². The van der Waals surface area contributed by atoms with Gasteiger partial charge >= 0.3 is 0 Å². The SMILES string of the molecule is CCC1(C)NC(C)CCS1. The van der Waals surface area contributed by atoms with Gasteiger partial charge in [0, 0.05) is 6.04 Å². The van der Waals surface area contributed by atoms with Gasteiger partial charge in [-0.15, -0.1) is 11.8 Å². The topological polar surface area (TPSA) is 12.0 Å². The molecule has 0 aromatic rings. The van der Waals surface area contributed by atoms with E-state index in [2.05, 4.69) is 37.8 Å². The van der Waals surface area contributed by atoms with Crippen LogP contribution < -0.4 is 5.32 Å². The number of rotatable bonds is 1. The Morgan fingerprint density at radius 2 is 2.40 bits per heavy atom. The lowest BCUT2D eigenvalue weighted by Crippen LogP contribution is -2.47. The van der Waals surface area contributed by atoms with Gasteiger partial charge in [-0.2, -0.15) is 0 Å². The molecule has 1 N–H and O–H groups in total. The quantitative estimate of drug-likeness (QED) is 0.629. The van der Waals surface area contributed by atoms with Crippen molar-refractivity contribution in [3.63, 3.8) is 0 Å². The molecule has 0 aromatic heterocycles. The monoisotopic (exact) mass is 159 g/mol. The van der Waals surface area contributed by atoms with Crippen LogP contribution >= 0.6 is 11.8 Å². The average Bonchev–Trinajstić information content (AvgIpc) is 1.88. The summed E-state index contributed by atoms with van der Waals surface area (Å²) >= 11 is 2.06. The van der Waals surface area contributed by atoms with Gasteiger partial charge in [-0.05, 0) is 32.4 Å². The molecule has 0 amide bonds. The van der Waals surface area contributed by atoms with E-state index in [-0.39, 0.29) is 0 Å². The van der Waals surface area contributed by atoms with E-state index in [1.54, 1.807) is 0 Å². The summed E-state index contributed by atoms with van der Waals surface area (Å²) < 4.78 is 0. The predicted molar refractivity (Wildman–Crippen MR) is 48.4 cm³/mol. The first-order valence-corrected chi connectivity index (χ1v) is 5.06. The van der Waals surface area contributed by atoms with Crippen LogP contribution in [0.4, 0.5) is 0 Å². The van der Waals surface area contributed by atoms with Crippen LogP contribution in [0.15, 0.2) is 0 Å². The average molecular weight is 159 g/mol. The van der Waals surface area contributed by atoms with E-state index in [1.807, 2.05) is 0 Å². The molecule has 0 aromatic carbocycles. The van der Waals surface area contributed by atoms with Crippen LogP contribution in [-0.2, 0) is 0 Å². The van der Waals surface area contributed by atoms with Gasteiger partial charge in [0.1, 0.15) is 0 Å². The second-order valence-corrected chi connectivity index (χ2v) is 4.86. The summed E-state index contributed by atoms with van der Waals surface area (Å²) in [5.41, 5.74) is 0. The molecule has 1 nitrogen and oxygen atoms in total. The Kier molecular flexibility index (Phi) is 2.64. The molecule has 0 spiro atoms. The summed E-state index contributed by atoms with van der Waals surface area (Å²) in [6, 6.07) is 0.714. The Balaban J connectivity index is 2.45. The summed E-state index contributed by atoms with van der Waals surface area (Å²) in [6.45, 7) is 6.82. The molecule has 1 rings (SSSR count). The fourth-order valence-corrected chi connectivity index (χ4v) is 2.71. The van der Waals surface area contributed by atoms with Crippen LogP contribution in [0.3, 0.4) is 0 Å². The molecule has 2 heteroatoms. The second-order valence-electron chi connectivity index (χ2n) is 3.27. The summed E-state index contributed by atoms with van der Waals surface area (Å²) in [4.78, 5) is 0.359. The van der Waals surface area contributed by atoms with Crippen molar-refractivity contribution in [2.24, 2.45) is 0 Å². The van der Waals surface area contributed by atoms with Crippen LogP contribution in [-0.4, -0.2) is 16.7 Å². The Morgan fingerprint density at radius 1 is 1.70 bits per heavy atom. The lowest BCUT2D eigenvalue weighted by atomic mass is 10.2. The van der Waals surface area contributed by atoms with Gasteiger partial charge in [0.05, 0.1) is 4.87 Å². The van der Waals surface area contributed by atoms with E-state index >= 15 is 0 Å². The van der Waals surface area contributed by atoms with Crippen molar-refractivity contribution < 1.29 is 0 Å². The van der Waals surface area contributed by atoms with Crippen molar-refractivity contribution in [3.8, 4) is 0 Å². The maximum atomic E-state index is 3.61. The third kappa shape index (κ3) is 1.89. The van der Waals surface area contributed by atoms with E-state index in [0.717, 1.165) is 0 Å². The highest BCUT2D eigenvalue weighted by atomic mass is 32.2. The highest BCUT2D eigenvalue weighted by Crippen LogP contribution is 2.30. The first kappa shape index (κ1) is 8.41. The molecule has 1 saturated heterocycles. The zero-order valence-corrected chi connectivity index (χ0v) is 7.92. The highest BCUT2D eigenvalue weighted by Gasteiger charge is 2.27. The first-order chi connectivity index (χ1) is 4.66. The molecule has 0 radical (unpaired) electrons. The smallest absolute Gasteiger partial charge is 0.0616 e. The first-order valence-electron chi connectivity index (χ1n) is 4.08. The Hall–Kier alpha value is 0.310. The number of hydrogen-bond acceptors (Lipinski definition) is 2. The van der Waals surface area contributed by atoms with Crippen molar-refractivity contribution in [3.05, 3.63) is 0 Å². The van der Waals surface area contributed by atoms with Crippen molar-refractivity contribution in [1.29, 1.82) is 0 Å². The molecule has 10 heavy (non-hydrogen) atoms. The van der Waals surface area contributed by atoms with Gasteiger partial charge in [-0.3, -0.25) is 0 Å².